The Hall–Kier alpha value is 1.06. The third-order valence-electron chi connectivity index (χ3n) is 0.730. The van der Waals surface area contributed by atoms with E-state index in [1.165, 1.54) is 0 Å². The molecule has 0 spiro atoms. The predicted octanol–water partition coefficient (Wildman–Crippen LogP) is 1.28. The molecular weight excluding hydrogens is 163 g/mol. The van der Waals surface area contributed by atoms with E-state index >= 15 is 0 Å². The maximum atomic E-state index is 3.56. The van der Waals surface area contributed by atoms with Crippen molar-refractivity contribution in [3.8, 4) is 0 Å². The molecule has 0 saturated carbocycles. The van der Waals surface area contributed by atoms with Crippen LogP contribution in [0.5, 0.6) is 0 Å². The van der Waals surface area contributed by atoms with Gasteiger partial charge in [-0.1, -0.05) is 13.8 Å². The zero-order chi connectivity index (χ0) is 5.15. The molecule has 0 heterocycles. The smallest absolute Gasteiger partial charge is 0 e. The normalized spacial score (nSPS) is 9.43. The summed E-state index contributed by atoms with van der Waals surface area (Å²) in [7, 11) is 7.12. The molecule has 2 heteroatoms. The summed E-state index contributed by atoms with van der Waals surface area (Å²) in [6.07, 6.45) is 0. The molecule has 0 bridgehead atoms. The molecule has 0 aliphatic carbocycles. The molecule has 0 rings (SSSR count). The Kier molecular flexibility index (Phi) is 8.14. The van der Waals surface area contributed by atoms with Crippen LogP contribution in [-0.4, -0.2) is 10.9 Å². The second-order valence-corrected chi connectivity index (χ2v) is 1.68. The summed E-state index contributed by atoms with van der Waals surface area (Å²) in [6, 6.07) is 0.463. The van der Waals surface area contributed by atoms with Gasteiger partial charge in [-0.2, -0.15) is 0 Å². The van der Waals surface area contributed by atoms with Crippen LogP contribution < -0.4 is 0 Å². The first-order valence-corrected chi connectivity index (χ1v) is 2.05. The summed E-state index contributed by atoms with van der Waals surface area (Å²) >= 11 is 0. The summed E-state index contributed by atoms with van der Waals surface area (Å²) in [4.78, 5) is 1.67. The van der Waals surface area contributed by atoms with Crippen LogP contribution in [0.2, 0.25) is 0 Å². The predicted molar refractivity (Wildman–Crippen MR) is 27.7 cm³/mol. The van der Waals surface area contributed by atoms with Gasteiger partial charge in [-0.05, 0) is 6.04 Å². The van der Waals surface area contributed by atoms with Gasteiger partial charge in [0.2, 0.25) is 0 Å². The monoisotopic (exact) mass is 174 g/mol. The maximum Gasteiger partial charge on any atom is 0 e. The molecule has 0 saturated heterocycles. The Morgan fingerprint density at radius 3 is 1.43 bits per heavy atom. The molecule has 0 atom stereocenters. The average Bonchev–Trinajstić information content (AvgIpc) is 1.36. The zero-order valence-corrected chi connectivity index (χ0v) is 7.85. The topological polar surface area (TPSA) is 3.24 Å². The SMILES string of the molecule is [CH2-]N([CH2-])C(C)C.[Y]. The van der Waals surface area contributed by atoms with E-state index in [0.29, 0.717) is 6.04 Å². The minimum Gasteiger partial charge on any atom is -0.608 e. The van der Waals surface area contributed by atoms with Gasteiger partial charge in [-0.15, -0.1) is 0 Å². The fourth-order valence-electron chi connectivity index (χ4n) is 0. The van der Waals surface area contributed by atoms with Crippen molar-refractivity contribution in [3.63, 3.8) is 0 Å². The minimum absolute atomic E-state index is 0. The molecule has 0 aliphatic heterocycles. The Morgan fingerprint density at radius 2 is 1.43 bits per heavy atom. The Bertz CT molecular complexity index is 29.1. The number of rotatable bonds is 1. The standard InChI is InChI=1S/C5H11N.Y/c1-5(2)6(3)4;/h5H,3-4H2,1-2H3;/q-2;. The molecule has 0 aromatic rings. The van der Waals surface area contributed by atoms with Crippen LogP contribution in [0.4, 0.5) is 0 Å². The van der Waals surface area contributed by atoms with Gasteiger partial charge < -0.3 is 19.0 Å². The Labute approximate surface area is 71.3 Å². The first-order chi connectivity index (χ1) is 2.64. The summed E-state index contributed by atoms with van der Waals surface area (Å²) < 4.78 is 0. The molecule has 0 aromatic carbocycles. The van der Waals surface area contributed by atoms with E-state index in [1.807, 2.05) is 13.8 Å². The van der Waals surface area contributed by atoms with Crippen molar-refractivity contribution in [2.24, 2.45) is 0 Å². The molecule has 0 unspecified atom stereocenters. The molecule has 1 nitrogen and oxygen atoms in total. The van der Waals surface area contributed by atoms with Crippen molar-refractivity contribution >= 4 is 0 Å². The molecular formula is C5H11NY-2. The van der Waals surface area contributed by atoms with E-state index in [-0.39, 0.29) is 32.7 Å². The fraction of sp³-hybridized carbons (Fsp3) is 0.600. The third kappa shape index (κ3) is 7.06. The van der Waals surface area contributed by atoms with Gasteiger partial charge >= 0.3 is 0 Å². The summed E-state index contributed by atoms with van der Waals surface area (Å²) in [6.45, 7) is 4.08. The molecule has 0 fully saturated rings. The summed E-state index contributed by atoms with van der Waals surface area (Å²) in [5.41, 5.74) is 0. The summed E-state index contributed by atoms with van der Waals surface area (Å²) in [5, 5.41) is 0. The average molecular weight is 174 g/mol. The first kappa shape index (κ1) is 10.9. The Balaban J connectivity index is 0. The molecule has 7 heavy (non-hydrogen) atoms. The van der Waals surface area contributed by atoms with Gasteiger partial charge in [0.05, 0.1) is 0 Å². The van der Waals surface area contributed by atoms with Crippen LogP contribution in [0.3, 0.4) is 0 Å². The van der Waals surface area contributed by atoms with Crippen LogP contribution in [0, 0.1) is 14.1 Å². The van der Waals surface area contributed by atoms with Gasteiger partial charge in [0.1, 0.15) is 0 Å². The second-order valence-electron chi connectivity index (χ2n) is 1.68. The number of hydrogen-bond donors (Lipinski definition) is 0. The zero-order valence-electron chi connectivity index (χ0n) is 5.02. The molecule has 0 aromatic heterocycles. The van der Waals surface area contributed by atoms with Crippen molar-refractivity contribution in [1.82, 2.24) is 4.90 Å². The minimum atomic E-state index is 0. The largest absolute Gasteiger partial charge is 0.608 e. The molecule has 0 N–H and O–H groups in total. The van der Waals surface area contributed by atoms with Gasteiger partial charge in [0.15, 0.2) is 0 Å². The van der Waals surface area contributed by atoms with Crippen molar-refractivity contribution in [2.75, 3.05) is 0 Å². The van der Waals surface area contributed by atoms with E-state index in [9.17, 15) is 0 Å². The molecule has 0 aliphatic rings. The van der Waals surface area contributed by atoms with Crippen LogP contribution in [0.1, 0.15) is 13.8 Å². The fourth-order valence-corrected chi connectivity index (χ4v) is 0. The summed E-state index contributed by atoms with van der Waals surface area (Å²) in [5.74, 6) is 0. The van der Waals surface area contributed by atoms with Gasteiger partial charge in [0, 0.05) is 32.7 Å². The molecule has 41 valence electrons. The van der Waals surface area contributed by atoms with E-state index in [1.54, 1.807) is 4.90 Å². The quantitative estimate of drug-likeness (QED) is 0.541. The van der Waals surface area contributed by atoms with E-state index < -0.39 is 0 Å². The molecule has 0 amide bonds. The van der Waals surface area contributed by atoms with Crippen LogP contribution in [0.25, 0.3) is 0 Å². The number of nitrogens with zero attached hydrogens (tertiary/aromatic N) is 1. The van der Waals surface area contributed by atoms with E-state index in [4.69, 9.17) is 0 Å². The van der Waals surface area contributed by atoms with Crippen LogP contribution >= 0.6 is 0 Å². The van der Waals surface area contributed by atoms with Gasteiger partial charge in [-0.3, -0.25) is 0 Å². The van der Waals surface area contributed by atoms with Crippen molar-refractivity contribution in [1.29, 1.82) is 0 Å². The van der Waals surface area contributed by atoms with Gasteiger partial charge in [0.25, 0.3) is 0 Å². The van der Waals surface area contributed by atoms with Crippen molar-refractivity contribution in [3.05, 3.63) is 14.1 Å². The third-order valence-corrected chi connectivity index (χ3v) is 0.730. The van der Waals surface area contributed by atoms with Crippen molar-refractivity contribution in [2.45, 2.75) is 19.9 Å². The Morgan fingerprint density at radius 1 is 1.29 bits per heavy atom. The van der Waals surface area contributed by atoms with Crippen LogP contribution in [-0.2, 0) is 32.7 Å². The van der Waals surface area contributed by atoms with Crippen molar-refractivity contribution < 1.29 is 32.7 Å². The van der Waals surface area contributed by atoms with E-state index in [2.05, 4.69) is 14.1 Å². The second kappa shape index (κ2) is 5.21. The maximum absolute atomic E-state index is 3.56. The van der Waals surface area contributed by atoms with E-state index in [0.717, 1.165) is 0 Å². The molecule has 1 radical (unpaired) electrons. The number of hydrogen-bond acceptors (Lipinski definition) is 1. The van der Waals surface area contributed by atoms with Gasteiger partial charge in [-0.25, -0.2) is 0 Å². The first-order valence-electron chi connectivity index (χ1n) is 2.05. The van der Waals surface area contributed by atoms with Crippen LogP contribution in [0.15, 0.2) is 0 Å².